The third kappa shape index (κ3) is 3.46. The molecule has 0 bridgehead atoms. The topological polar surface area (TPSA) is 115 Å². The Bertz CT molecular complexity index is 855. The monoisotopic (exact) mass is 356 g/mol. The van der Waals surface area contributed by atoms with E-state index in [0.717, 1.165) is 4.90 Å². The number of ether oxygens (including phenoxy) is 1. The average Bonchev–Trinajstić information content (AvgIpc) is 2.64. The third-order valence-electron chi connectivity index (χ3n) is 3.81. The molecule has 1 unspecified atom stereocenters. The van der Waals surface area contributed by atoms with Gasteiger partial charge in [0.1, 0.15) is 6.54 Å². The van der Waals surface area contributed by atoms with Gasteiger partial charge in [0.25, 0.3) is 11.7 Å². The van der Waals surface area contributed by atoms with E-state index < -0.39 is 28.7 Å². The number of fused-ring (bicyclic) bond motifs is 1. The summed E-state index contributed by atoms with van der Waals surface area (Å²) in [4.78, 5) is 40.3. The van der Waals surface area contributed by atoms with Crippen molar-refractivity contribution in [3.63, 3.8) is 0 Å². The first-order chi connectivity index (χ1) is 12.5. The van der Waals surface area contributed by atoms with Crippen LogP contribution in [0.25, 0.3) is 0 Å². The van der Waals surface area contributed by atoms with Crippen LogP contribution in [0.4, 0.5) is 17.3 Å². The van der Waals surface area contributed by atoms with E-state index in [1.165, 1.54) is 12.1 Å². The van der Waals surface area contributed by atoms with E-state index in [1.807, 2.05) is 6.07 Å². The Balaban J connectivity index is 1.89. The maximum absolute atomic E-state index is 12.6. The predicted molar refractivity (Wildman–Crippen MR) is 93.0 cm³/mol. The van der Waals surface area contributed by atoms with Gasteiger partial charge >= 0.3 is 5.82 Å². The summed E-state index contributed by atoms with van der Waals surface area (Å²) in [6, 6.07) is 11.4. The molecule has 1 aliphatic rings. The molecule has 2 aromatic rings. The van der Waals surface area contributed by atoms with E-state index >= 15 is 0 Å². The van der Waals surface area contributed by atoms with Gasteiger partial charge in [0.2, 0.25) is 5.91 Å². The van der Waals surface area contributed by atoms with Crippen LogP contribution in [0.3, 0.4) is 0 Å². The molecule has 9 heteroatoms. The molecule has 1 N–H and O–H groups in total. The Morgan fingerprint density at radius 1 is 1.31 bits per heavy atom. The molecular weight excluding hydrogens is 340 g/mol. The number of hydrogen-bond acceptors (Lipinski definition) is 6. The predicted octanol–water partition coefficient (Wildman–Crippen LogP) is 2.13. The van der Waals surface area contributed by atoms with E-state index in [9.17, 15) is 19.7 Å². The minimum absolute atomic E-state index is 0.0305. The number of rotatable bonds is 5. The molecule has 2 heterocycles. The SMILES string of the molecule is CCC1Oc2ccc([N+](=O)[O-])nc2N(CC(=O)Nc2ccccc2)C1=O. The standard InChI is InChI=1S/C17H16N4O5/c1-2-12-17(23)20(10-15(22)18-11-6-4-3-5-7-11)16-13(26-12)8-9-14(19-16)21(24)25/h3-9,12H,2,10H2,1H3,(H,18,22). The average molecular weight is 356 g/mol. The molecule has 1 aromatic carbocycles. The fourth-order valence-electron chi connectivity index (χ4n) is 2.57. The Morgan fingerprint density at radius 3 is 2.69 bits per heavy atom. The fourth-order valence-corrected chi connectivity index (χ4v) is 2.57. The number of aromatic nitrogens is 1. The molecule has 0 saturated carbocycles. The molecule has 2 amide bonds. The lowest BCUT2D eigenvalue weighted by Crippen LogP contribution is -2.49. The molecule has 0 fully saturated rings. The van der Waals surface area contributed by atoms with Crippen molar-refractivity contribution < 1.29 is 19.2 Å². The van der Waals surface area contributed by atoms with Gasteiger partial charge in [0.15, 0.2) is 11.9 Å². The van der Waals surface area contributed by atoms with Gasteiger partial charge < -0.3 is 20.2 Å². The summed E-state index contributed by atoms with van der Waals surface area (Å²) in [6.45, 7) is 1.45. The Labute approximate surface area is 148 Å². The fraction of sp³-hybridized carbons (Fsp3) is 0.235. The summed E-state index contributed by atoms with van der Waals surface area (Å²) in [6.07, 6.45) is -0.373. The highest BCUT2D eigenvalue weighted by Crippen LogP contribution is 2.34. The lowest BCUT2D eigenvalue weighted by Gasteiger charge is -2.30. The van der Waals surface area contributed by atoms with Crippen molar-refractivity contribution in [2.24, 2.45) is 0 Å². The number of carbonyl (C=O) groups is 2. The molecule has 26 heavy (non-hydrogen) atoms. The molecular formula is C17H16N4O5. The van der Waals surface area contributed by atoms with Gasteiger partial charge in [0, 0.05) is 11.8 Å². The van der Waals surface area contributed by atoms with Crippen molar-refractivity contribution in [1.82, 2.24) is 4.98 Å². The number of hydrogen-bond donors (Lipinski definition) is 1. The third-order valence-corrected chi connectivity index (χ3v) is 3.81. The molecule has 1 atom stereocenters. The minimum Gasteiger partial charge on any atom is -0.474 e. The number of para-hydroxylation sites is 1. The molecule has 0 spiro atoms. The first-order valence-electron chi connectivity index (χ1n) is 7.98. The van der Waals surface area contributed by atoms with E-state index in [-0.39, 0.29) is 18.1 Å². The molecule has 0 radical (unpaired) electrons. The Kier molecular flexibility index (Phi) is 4.78. The van der Waals surface area contributed by atoms with Crippen LogP contribution in [0.15, 0.2) is 42.5 Å². The highest BCUT2D eigenvalue weighted by molar-refractivity contribution is 6.05. The van der Waals surface area contributed by atoms with Crippen LogP contribution in [0.1, 0.15) is 13.3 Å². The molecule has 3 rings (SSSR count). The van der Waals surface area contributed by atoms with Crippen molar-refractivity contribution in [3.05, 3.63) is 52.6 Å². The van der Waals surface area contributed by atoms with Gasteiger partial charge in [-0.3, -0.25) is 14.5 Å². The number of nitrogens with one attached hydrogen (secondary N) is 1. The van der Waals surface area contributed by atoms with Crippen molar-refractivity contribution in [2.75, 3.05) is 16.8 Å². The summed E-state index contributed by atoms with van der Waals surface area (Å²) >= 11 is 0. The zero-order valence-corrected chi connectivity index (χ0v) is 13.9. The summed E-state index contributed by atoms with van der Waals surface area (Å²) in [7, 11) is 0. The van der Waals surface area contributed by atoms with E-state index in [4.69, 9.17) is 4.74 Å². The molecule has 9 nitrogen and oxygen atoms in total. The van der Waals surface area contributed by atoms with Gasteiger partial charge in [0.05, 0.1) is 0 Å². The Hall–Kier alpha value is -3.49. The lowest BCUT2D eigenvalue weighted by atomic mass is 10.2. The quantitative estimate of drug-likeness (QED) is 0.648. The number of carbonyl (C=O) groups excluding carboxylic acids is 2. The molecule has 1 aromatic heterocycles. The van der Waals surface area contributed by atoms with Gasteiger partial charge in [-0.25, -0.2) is 0 Å². The van der Waals surface area contributed by atoms with Crippen molar-refractivity contribution in [2.45, 2.75) is 19.4 Å². The van der Waals surface area contributed by atoms with E-state index in [1.54, 1.807) is 31.2 Å². The first-order valence-corrected chi connectivity index (χ1v) is 7.98. The zero-order valence-electron chi connectivity index (χ0n) is 13.9. The number of amides is 2. The summed E-state index contributed by atoms with van der Waals surface area (Å²) < 4.78 is 5.55. The number of benzene rings is 1. The van der Waals surface area contributed by atoms with Crippen LogP contribution in [0.5, 0.6) is 5.75 Å². The molecule has 1 aliphatic heterocycles. The minimum atomic E-state index is -0.768. The van der Waals surface area contributed by atoms with Gasteiger partial charge in [-0.2, -0.15) is 0 Å². The van der Waals surface area contributed by atoms with Crippen LogP contribution in [-0.4, -0.2) is 34.4 Å². The van der Waals surface area contributed by atoms with Crippen LogP contribution in [0, 0.1) is 10.1 Å². The van der Waals surface area contributed by atoms with Crippen molar-refractivity contribution >= 4 is 29.1 Å². The maximum Gasteiger partial charge on any atom is 0.366 e. The normalized spacial score (nSPS) is 15.8. The molecule has 0 saturated heterocycles. The molecule has 134 valence electrons. The highest BCUT2D eigenvalue weighted by atomic mass is 16.6. The van der Waals surface area contributed by atoms with Crippen molar-refractivity contribution in [3.8, 4) is 5.75 Å². The van der Waals surface area contributed by atoms with Gasteiger partial charge in [-0.05, 0) is 34.5 Å². The van der Waals surface area contributed by atoms with Crippen LogP contribution in [0.2, 0.25) is 0 Å². The second kappa shape index (κ2) is 7.18. The summed E-state index contributed by atoms with van der Waals surface area (Å²) in [5.41, 5.74) is 0.581. The van der Waals surface area contributed by atoms with Gasteiger partial charge in [-0.15, -0.1) is 0 Å². The van der Waals surface area contributed by atoms with E-state index in [2.05, 4.69) is 10.3 Å². The Morgan fingerprint density at radius 2 is 2.04 bits per heavy atom. The highest BCUT2D eigenvalue weighted by Gasteiger charge is 2.39. The number of anilines is 2. The van der Waals surface area contributed by atoms with Crippen LogP contribution < -0.4 is 15.0 Å². The summed E-state index contributed by atoms with van der Waals surface area (Å²) in [5.74, 6) is -1.13. The first kappa shape index (κ1) is 17.3. The lowest BCUT2D eigenvalue weighted by molar-refractivity contribution is -0.389. The van der Waals surface area contributed by atoms with Crippen LogP contribution in [-0.2, 0) is 9.59 Å². The second-order valence-corrected chi connectivity index (χ2v) is 5.60. The summed E-state index contributed by atoms with van der Waals surface area (Å²) in [5, 5.41) is 13.7. The smallest absolute Gasteiger partial charge is 0.366 e. The van der Waals surface area contributed by atoms with Gasteiger partial charge in [-0.1, -0.05) is 25.1 Å². The number of nitrogens with zero attached hydrogens (tertiary/aromatic N) is 3. The number of pyridine rings is 1. The largest absolute Gasteiger partial charge is 0.474 e. The zero-order chi connectivity index (χ0) is 18.7. The molecule has 0 aliphatic carbocycles. The van der Waals surface area contributed by atoms with Crippen molar-refractivity contribution in [1.29, 1.82) is 0 Å². The van der Waals surface area contributed by atoms with E-state index in [0.29, 0.717) is 12.1 Å². The number of nitro groups is 1. The van der Waals surface area contributed by atoms with Crippen LogP contribution >= 0.6 is 0 Å². The second-order valence-electron chi connectivity index (χ2n) is 5.60. The maximum atomic E-state index is 12.6.